The topological polar surface area (TPSA) is 33.1 Å². The van der Waals surface area contributed by atoms with Crippen molar-refractivity contribution in [2.75, 3.05) is 0 Å². The van der Waals surface area contributed by atoms with E-state index in [9.17, 15) is 5.11 Å². The Bertz CT molecular complexity index is 278. The van der Waals surface area contributed by atoms with Gasteiger partial charge in [-0.05, 0) is 44.3 Å². The van der Waals surface area contributed by atoms with Crippen LogP contribution in [-0.2, 0) is 0 Å². The Labute approximate surface area is 88.3 Å². The minimum atomic E-state index is -0.479. The highest BCUT2D eigenvalue weighted by atomic mass is 79.9. The first-order chi connectivity index (χ1) is 5.65. The number of aliphatic hydroxyl groups excluding tert-OH is 1. The van der Waals surface area contributed by atoms with E-state index in [-0.39, 0.29) is 0 Å². The molecule has 1 heterocycles. The molecule has 2 nitrogen and oxygen atoms in total. The minimum Gasteiger partial charge on any atom is -0.387 e. The van der Waals surface area contributed by atoms with E-state index in [4.69, 9.17) is 0 Å². The van der Waals surface area contributed by atoms with Crippen LogP contribution in [0.2, 0.25) is 0 Å². The molecule has 1 atom stereocenters. The summed E-state index contributed by atoms with van der Waals surface area (Å²) >= 11 is 6.63. The molecule has 0 amide bonds. The molecule has 0 fully saturated rings. The molecule has 0 bridgehead atoms. The van der Waals surface area contributed by atoms with Gasteiger partial charge in [0.05, 0.1) is 11.8 Å². The molecule has 1 aromatic heterocycles. The molecular weight excluding hydrogens is 286 g/mol. The molecule has 0 radical (unpaired) electrons. The fourth-order valence-electron chi connectivity index (χ4n) is 0.864. The smallest absolute Gasteiger partial charge is 0.0968 e. The summed E-state index contributed by atoms with van der Waals surface area (Å²) in [7, 11) is 0. The first kappa shape index (κ1) is 10.2. The van der Waals surface area contributed by atoms with E-state index in [0.717, 1.165) is 8.95 Å². The van der Waals surface area contributed by atoms with Crippen molar-refractivity contribution < 1.29 is 5.11 Å². The molecule has 0 aliphatic rings. The Kier molecular flexibility index (Phi) is 3.68. The maximum atomic E-state index is 9.49. The predicted octanol–water partition coefficient (Wildman–Crippen LogP) is 3.05. The molecule has 1 rings (SSSR count). The molecule has 12 heavy (non-hydrogen) atoms. The Morgan fingerprint density at radius 1 is 1.58 bits per heavy atom. The van der Waals surface area contributed by atoms with Crippen LogP contribution in [0.3, 0.4) is 0 Å². The Morgan fingerprint density at radius 3 is 2.75 bits per heavy atom. The molecule has 0 spiro atoms. The lowest BCUT2D eigenvalue weighted by Crippen LogP contribution is -1.99. The SMILES string of the molecule is CC[C@@H](O)c1ncc(Br)cc1Br. The van der Waals surface area contributed by atoms with Crippen molar-refractivity contribution in [3.05, 3.63) is 26.9 Å². The molecule has 4 heteroatoms. The van der Waals surface area contributed by atoms with Gasteiger partial charge in [-0.3, -0.25) is 4.98 Å². The number of halogens is 2. The molecular formula is C8H9Br2NO. The van der Waals surface area contributed by atoms with Crippen molar-refractivity contribution in [2.45, 2.75) is 19.4 Å². The van der Waals surface area contributed by atoms with Crippen molar-refractivity contribution in [3.63, 3.8) is 0 Å². The summed E-state index contributed by atoms with van der Waals surface area (Å²) in [6, 6.07) is 1.88. The molecule has 0 unspecified atom stereocenters. The molecule has 0 aliphatic carbocycles. The number of aromatic nitrogens is 1. The van der Waals surface area contributed by atoms with E-state index in [1.54, 1.807) is 6.20 Å². The third-order valence-electron chi connectivity index (χ3n) is 1.54. The van der Waals surface area contributed by atoms with Crippen molar-refractivity contribution in [2.24, 2.45) is 0 Å². The van der Waals surface area contributed by atoms with Crippen LogP contribution in [-0.4, -0.2) is 10.1 Å². The molecule has 0 saturated carbocycles. The highest BCUT2D eigenvalue weighted by Crippen LogP contribution is 2.25. The molecule has 1 aromatic rings. The second-order valence-corrected chi connectivity index (χ2v) is 4.21. The summed E-state index contributed by atoms with van der Waals surface area (Å²) in [4.78, 5) is 4.10. The average Bonchev–Trinajstić information content (AvgIpc) is 2.03. The first-order valence-electron chi connectivity index (χ1n) is 3.64. The number of hydrogen-bond donors (Lipinski definition) is 1. The number of hydrogen-bond acceptors (Lipinski definition) is 2. The van der Waals surface area contributed by atoms with Gasteiger partial charge < -0.3 is 5.11 Å². The van der Waals surface area contributed by atoms with Crippen molar-refractivity contribution in [1.29, 1.82) is 0 Å². The van der Waals surface area contributed by atoms with Crippen molar-refractivity contribution in [1.82, 2.24) is 4.98 Å². The first-order valence-corrected chi connectivity index (χ1v) is 5.22. The lowest BCUT2D eigenvalue weighted by Gasteiger charge is -2.08. The maximum Gasteiger partial charge on any atom is 0.0968 e. The highest BCUT2D eigenvalue weighted by Gasteiger charge is 2.10. The van der Waals surface area contributed by atoms with Gasteiger partial charge in [-0.25, -0.2) is 0 Å². The average molecular weight is 295 g/mol. The third kappa shape index (κ3) is 2.28. The number of rotatable bonds is 2. The fourth-order valence-corrected chi connectivity index (χ4v) is 2.12. The Hall–Kier alpha value is 0.0700. The van der Waals surface area contributed by atoms with Crippen LogP contribution in [0.1, 0.15) is 25.1 Å². The predicted molar refractivity (Wildman–Crippen MR) is 54.9 cm³/mol. The summed E-state index contributed by atoms with van der Waals surface area (Å²) < 4.78 is 1.74. The van der Waals surface area contributed by atoms with E-state index in [2.05, 4.69) is 36.8 Å². The summed E-state index contributed by atoms with van der Waals surface area (Å²) in [6.07, 6.45) is 1.87. The zero-order chi connectivity index (χ0) is 9.14. The second-order valence-electron chi connectivity index (χ2n) is 2.44. The van der Waals surface area contributed by atoms with Crippen LogP contribution in [0.4, 0.5) is 0 Å². The Balaban J connectivity index is 3.01. The molecule has 0 aromatic carbocycles. The van der Waals surface area contributed by atoms with Crippen LogP contribution < -0.4 is 0 Å². The number of pyridine rings is 1. The fraction of sp³-hybridized carbons (Fsp3) is 0.375. The summed E-state index contributed by atoms with van der Waals surface area (Å²) in [5.74, 6) is 0. The molecule has 0 saturated heterocycles. The van der Waals surface area contributed by atoms with Gasteiger partial charge in [-0.1, -0.05) is 6.92 Å². The van der Waals surface area contributed by atoms with Crippen molar-refractivity contribution in [3.8, 4) is 0 Å². The van der Waals surface area contributed by atoms with Gasteiger partial charge in [-0.2, -0.15) is 0 Å². The van der Waals surface area contributed by atoms with Gasteiger partial charge in [0.15, 0.2) is 0 Å². The van der Waals surface area contributed by atoms with Gasteiger partial charge in [0.2, 0.25) is 0 Å². The number of nitrogens with zero attached hydrogens (tertiary/aromatic N) is 1. The van der Waals surface area contributed by atoms with E-state index in [0.29, 0.717) is 12.1 Å². The van der Waals surface area contributed by atoms with Gasteiger partial charge in [0.25, 0.3) is 0 Å². The second kappa shape index (κ2) is 4.35. The maximum absolute atomic E-state index is 9.49. The summed E-state index contributed by atoms with van der Waals surface area (Å²) in [6.45, 7) is 1.92. The standard InChI is InChI=1S/C8H9Br2NO/c1-2-7(12)8-6(10)3-5(9)4-11-8/h3-4,7,12H,2H2,1H3/t7-/m1/s1. The van der Waals surface area contributed by atoms with Gasteiger partial charge in [0, 0.05) is 15.1 Å². The van der Waals surface area contributed by atoms with E-state index < -0.39 is 6.10 Å². The highest BCUT2D eigenvalue weighted by molar-refractivity contribution is 9.11. The molecule has 1 N–H and O–H groups in total. The Morgan fingerprint density at radius 2 is 2.25 bits per heavy atom. The van der Waals surface area contributed by atoms with Gasteiger partial charge in [-0.15, -0.1) is 0 Å². The molecule has 0 aliphatic heterocycles. The molecule has 66 valence electrons. The van der Waals surface area contributed by atoms with E-state index in [1.807, 2.05) is 13.0 Å². The zero-order valence-electron chi connectivity index (χ0n) is 6.59. The van der Waals surface area contributed by atoms with Crippen LogP contribution >= 0.6 is 31.9 Å². The zero-order valence-corrected chi connectivity index (χ0v) is 9.76. The van der Waals surface area contributed by atoms with Crippen LogP contribution in [0.5, 0.6) is 0 Å². The lowest BCUT2D eigenvalue weighted by molar-refractivity contribution is 0.168. The summed E-state index contributed by atoms with van der Waals surface area (Å²) in [5, 5.41) is 9.49. The minimum absolute atomic E-state index is 0.479. The van der Waals surface area contributed by atoms with E-state index >= 15 is 0 Å². The van der Waals surface area contributed by atoms with E-state index in [1.165, 1.54) is 0 Å². The normalized spacial score (nSPS) is 13.0. The van der Waals surface area contributed by atoms with Crippen LogP contribution in [0.15, 0.2) is 21.2 Å². The van der Waals surface area contributed by atoms with Gasteiger partial charge >= 0.3 is 0 Å². The lowest BCUT2D eigenvalue weighted by atomic mass is 10.2. The van der Waals surface area contributed by atoms with Crippen LogP contribution in [0, 0.1) is 0 Å². The quantitative estimate of drug-likeness (QED) is 0.909. The summed E-state index contributed by atoms with van der Waals surface area (Å²) in [5.41, 5.74) is 0.695. The monoisotopic (exact) mass is 293 g/mol. The number of aliphatic hydroxyl groups is 1. The third-order valence-corrected chi connectivity index (χ3v) is 2.61. The van der Waals surface area contributed by atoms with Crippen molar-refractivity contribution >= 4 is 31.9 Å². The van der Waals surface area contributed by atoms with Gasteiger partial charge in [0.1, 0.15) is 0 Å². The van der Waals surface area contributed by atoms with Crippen LogP contribution in [0.25, 0.3) is 0 Å². The largest absolute Gasteiger partial charge is 0.387 e.